The van der Waals surface area contributed by atoms with Gasteiger partial charge >= 0.3 is 18.9 Å². The van der Waals surface area contributed by atoms with Crippen LogP contribution in [0.15, 0.2) is 0 Å². The average molecular weight is 116 g/mol. The average Bonchev–Trinajstić information content (AvgIpc) is 1.38. The molecule has 0 radical (unpaired) electrons. The van der Waals surface area contributed by atoms with Crippen molar-refractivity contribution >= 4 is 23.2 Å². The molecule has 0 atom stereocenters. The SMILES string of the molecule is N#C[C-](Cl)Cl.[Li+]. The van der Waals surface area contributed by atoms with Crippen molar-refractivity contribution in [3.05, 3.63) is 4.84 Å². The minimum absolute atomic E-state index is 0. The fraction of sp³-hybridized carbons (Fsp3) is 0. The van der Waals surface area contributed by atoms with E-state index in [9.17, 15) is 0 Å². The summed E-state index contributed by atoms with van der Waals surface area (Å²) in [7, 11) is 0. The summed E-state index contributed by atoms with van der Waals surface area (Å²) in [5, 5.41) is 7.59. The maximum Gasteiger partial charge on any atom is 1.00 e. The smallest absolute Gasteiger partial charge is 0.293 e. The summed E-state index contributed by atoms with van der Waals surface area (Å²) in [4.78, 5) is -0.245. The van der Waals surface area contributed by atoms with Crippen molar-refractivity contribution in [2.75, 3.05) is 0 Å². The van der Waals surface area contributed by atoms with Gasteiger partial charge in [0.1, 0.15) is 0 Å². The first-order valence-corrected chi connectivity index (χ1v) is 1.61. The number of hydrogen-bond acceptors (Lipinski definition) is 1. The van der Waals surface area contributed by atoms with Crippen LogP contribution >= 0.6 is 23.2 Å². The Balaban J connectivity index is 0. The molecule has 0 aliphatic carbocycles. The van der Waals surface area contributed by atoms with Gasteiger partial charge in [-0.1, -0.05) is 6.07 Å². The van der Waals surface area contributed by atoms with E-state index in [1.807, 2.05) is 0 Å². The molecule has 0 unspecified atom stereocenters. The predicted molar refractivity (Wildman–Crippen MR) is 20.6 cm³/mol. The van der Waals surface area contributed by atoms with Crippen LogP contribution in [0.5, 0.6) is 0 Å². The van der Waals surface area contributed by atoms with E-state index in [0.29, 0.717) is 0 Å². The molecule has 0 amide bonds. The molecule has 0 aliphatic heterocycles. The second kappa shape index (κ2) is 5.54. The molecule has 0 aromatic rings. The van der Waals surface area contributed by atoms with E-state index < -0.39 is 0 Å². The first kappa shape index (κ1) is 9.74. The van der Waals surface area contributed by atoms with Gasteiger partial charge in [0, 0.05) is 0 Å². The molecule has 0 fully saturated rings. The van der Waals surface area contributed by atoms with Crippen molar-refractivity contribution in [2.24, 2.45) is 0 Å². The van der Waals surface area contributed by atoms with Gasteiger partial charge in [-0.3, -0.25) is 23.2 Å². The van der Waals surface area contributed by atoms with Gasteiger partial charge < -0.3 is 0 Å². The van der Waals surface area contributed by atoms with Gasteiger partial charge in [0.2, 0.25) is 0 Å². The molecule has 4 heteroatoms. The quantitative estimate of drug-likeness (QED) is 0.278. The molecule has 0 N–H and O–H groups in total. The standard InChI is InChI=1S/C2Cl2N.Li/c3-2(4)1-5;/q-1;+1. The largest absolute Gasteiger partial charge is 1.00 e. The summed E-state index contributed by atoms with van der Waals surface area (Å²) < 4.78 is 0. The van der Waals surface area contributed by atoms with Crippen LogP contribution in [0.2, 0.25) is 0 Å². The molecule has 6 heavy (non-hydrogen) atoms. The Morgan fingerprint density at radius 2 is 1.67 bits per heavy atom. The topological polar surface area (TPSA) is 23.8 Å². The van der Waals surface area contributed by atoms with Crippen LogP contribution in [0.1, 0.15) is 0 Å². The molecule has 0 aromatic carbocycles. The van der Waals surface area contributed by atoms with Crippen molar-refractivity contribution in [1.29, 1.82) is 5.26 Å². The summed E-state index contributed by atoms with van der Waals surface area (Å²) in [6.07, 6.45) is 0. The van der Waals surface area contributed by atoms with Gasteiger partial charge in [0.25, 0.3) is 0 Å². The normalized spacial score (nSPS) is 4.83. The van der Waals surface area contributed by atoms with Crippen LogP contribution in [-0.4, -0.2) is 0 Å². The zero-order valence-corrected chi connectivity index (χ0v) is 4.72. The van der Waals surface area contributed by atoms with Crippen LogP contribution in [-0.2, 0) is 0 Å². The molecule has 0 saturated carbocycles. The Kier molecular flexibility index (Phi) is 8.99. The van der Waals surface area contributed by atoms with E-state index in [1.165, 1.54) is 6.07 Å². The number of hydrogen-bond donors (Lipinski definition) is 0. The first-order chi connectivity index (χ1) is 2.27. The van der Waals surface area contributed by atoms with Gasteiger partial charge in [-0.25, -0.2) is 5.26 Å². The molecule has 0 rings (SSSR count). The van der Waals surface area contributed by atoms with Crippen LogP contribution in [0.25, 0.3) is 0 Å². The molecule has 0 heterocycles. The number of nitrogens with zero attached hydrogens (tertiary/aromatic N) is 1. The summed E-state index contributed by atoms with van der Waals surface area (Å²) >= 11 is 9.57. The first-order valence-electron chi connectivity index (χ1n) is 0.852. The third-order valence-corrected chi connectivity index (χ3v) is 0.254. The molecule has 28 valence electrons. The Morgan fingerprint density at radius 1 is 1.50 bits per heavy atom. The molecule has 0 saturated heterocycles. The zero-order valence-electron chi connectivity index (χ0n) is 3.20. The maximum absolute atomic E-state index is 7.59. The molecular weight excluding hydrogens is 116 g/mol. The third-order valence-electron chi connectivity index (χ3n) is 0.0845. The molecule has 0 spiro atoms. The molecule has 0 aromatic heterocycles. The van der Waals surface area contributed by atoms with Gasteiger partial charge in [0.15, 0.2) is 0 Å². The third kappa shape index (κ3) is 8.82. The predicted octanol–water partition coefficient (Wildman–Crippen LogP) is -1.52. The second-order valence-corrected chi connectivity index (χ2v) is 1.32. The van der Waals surface area contributed by atoms with Crippen molar-refractivity contribution < 1.29 is 18.9 Å². The zero-order chi connectivity index (χ0) is 4.28. The van der Waals surface area contributed by atoms with Crippen molar-refractivity contribution in [3.8, 4) is 6.07 Å². The van der Waals surface area contributed by atoms with Crippen molar-refractivity contribution in [2.45, 2.75) is 0 Å². The Morgan fingerprint density at radius 3 is 1.67 bits per heavy atom. The van der Waals surface area contributed by atoms with Crippen molar-refractivity contribution in [3.63, 3.8) is 0 Å². The molecule has 1 nitrogen and oxygen atoms in total. The monoisotopic (exact) mass is 115 g/mol. The summed E-state index contributed by atoms with van der Waals surface area (Å²) in [5.41, 5.74) is 0. The number of rotatable bonds is 0. The maximum atomic E-state index is 7.59. The number of halogens is 2. The minimum atomic E-state index is -0.245. The van der Waals surface area contributed by atoms with E-state index in [0.717, 1.165) is 0 Å². The van der Waals surface area contributed by atoms with Crippen LogP contribution < -0.4 is 18.9 Å². The van der Waals surface area contributed by atoms with E-state index in [2.05, 4.69) is 0 Å². The van der Waals surface area contributed by atoms with Crippen molar-refractivity contribution in [1.82, 2.24) is 0 Å². The van der Waals surface area contributed by atoms with E-state index in [4.69, 9.17) is 28.5 Å². The van der Waals surface area contributed by atoms with Crippen LogP contribution in [0.4, 0.5) is 0 Å². The fourth-order valence-electron chi connectivity index (χ4n) is 0. The summed E-state index contributed by atoms with van der Waals surface area (Å²) in [6.45, 7) is 0. The van der Waals surface area contributed by atoms with E-state index >= 15 is 0 Å². The molecule has 0 aliphatic rings. The van der Waals surface area contributed by atoms with Gasteiger partial charge in [-0.15, -0.1) is 4.84 Å². The van der Waals surface area contributed by atoms with Gasteiger partial charge in [0.05, 0.1) is 0 Å². The minimum Gasteiger partial charge on any atom is -0.293 e. The van der Waals surface area contributed by atoms with E-state index in [1.54, 1.807) is 0 Å². The Hall–Kier alpha value is 0.537. The Labute approximate surface area is 58.4 Å². The molecular formula is C2Cl2LiN. The van der Waals surface area contributed by atoms with Gasteiger partial charge in [-0.05, 0) is 0 Å². The van der Waals surface area contributed by atoms with E-state index in [-0.39, 0.29) is 23.7 Å². The van der Waals surface area contributed by atoms with Crippen LogP contribution in [0, 0.1) is 16.2 Å². The summed E-state index contributed by atoms with van der Waals surface area (Å²) in [5.74, 6) is 0. The van der Waals surface area contributed by atoms with Crippen LogP contribution in [0.3, 0.4) is 0 Å². The molecule has 0 bridgehead atoms. The van der Waals surface area contributed by atoms with Gasteiger partial charge in [-0.2, -0.15) is 0 Å². The fourth-order valence-corrected chi connectivity index (χ4v) is 0. The Bertz CT molecular complexity index is 57.1. The second-order valence-electron chi connectivity index (χ2n) is 0.372. The summed E-state index contributed by atoms with van der Waals surface area (Å²) in [6, 6.07) is 1.48. The number of nitriles is 1.